The smallest absolute Gasteiger partial charge is 0.291 e. The first-order valence-corrected chi connectivity index (χ1v) is 12.3. The van der Waals surface area contributed by atoms with Crippen LogP contribution in [-0.4, -0.2) is 52.1 Å². The van der Waals surface area contributed by atoms with E-state index in [0.29, 0.717) is 36.3 Å². The molecule has 2 aromatic carbocycles. The number of ether oxygens (including phenoxy) is 1. The number of aryl methyl sites for hydroxylation is 1. The van der Waals surface area contributed by atoms with Gasteiger partial charge in [0.15, 0.2) is 0 Å². The van der Waals surface area contributed by atoms with E-state index in [-0.39, 0.29) is 36.5 Å². The summed E-state index contributed by atoms with van der Waals surface area (Å²) in [7, 11) is 1.62. The number of aromatic nitrogens is 3. The van der Waals surface area contributed by atoms with E-state index < -0.39 is 11.9 Å². The summed E-state index contributed by atoms with van der Waals surface area (Å²) >= 11 is 0. The minimum Gasteiger partial charge on any atom is -0.489 e. The Morgan fingerprint density at radius 3 is 2.78 bits per heavy atom. The van der Waals surface area contributed by atoms with Crippen LogP contribution in [0.5, 0.6) is 5.75 Å². The number of unbranched alkanes of at least 4 members (excludes halogenated alkanes) is 1. The van der Waals surface area contributed by atoms with Crippen molar-refractivity contribution < 1.29 is 23.5 Å². The lowest BCUT2D eigenvalue weighted by Crippen LogP contribution is -2.49. The van der Waals surface area contributed by atoms with Gasteiger partial charge in [-0.15, -0.1) is 5.10 Å². The number of rotatable bonds is 10. The van der Waals surface area contributed by atoms with Crippen molar-refractivity contribution in [3.8, 4) is 5.75 Å². The molecule has 4 rings (SSSR count). The number of fused-ring (bicyclic) bond motifs is 1. The third kappa shape index (κ3) is 6.38. The largest absolute Gasteiger partial charge is 0.489 e. The summed E-state index contributed by atoms with van der Waals surface area (Å²) in [6, 6.07) is 10.8. The van der Waals surface area contributed by atoms with Crippen LogP contribution < -0.4 is 15.0 Å². The lowest BCUT2D eigenvalue weighted by molar-refractivity contribution is -0.120. The maximum atomic E-state index is 13.9. The molecule has 0 aliphatic carbocycles. The lowest BCUT2D eigenvalue weighted by atomic mass is 10.0. The highest BCUT2D eigenvalue weighted by atomic mass is 19.1. The Balaban J connectivity index is 1.39. The summed E-state index contributed by atoms with van der Waals surface area (Å²) in [4.78, 5) is 43.4. The van der Waals surface area contributed by atoms with Gasteiger partial charge >= 0.3 is 0 Å². The van der Waals surface area contributed by atoms with E-state index in [2.05, 4.69) is 22.3 Å². The highest BCUT2D eigenvalue weighted by molar-refractivity contribution is 6.02. The molecule has 194 valence electrons. The van der Waals surface area contributed by atoms with Crippen LogP contribution in [0.2, 0.25) is 0 Å². The maximum Gasteiger partial charge on any atom is 0.291 e. The van der Waals surface area contributed by atoms with Crippen molar-refractivity contribution >= 4 is 23.3 Å². The normalized spacial score (nSPS) is 15.1. The molecular weight excluding hydrogens is 477 g/mol. The average molecular weight is 508 g/mol. The Morgan fingerprint density at radius 2 is 2.00 bits per heavy atom. The Labute approximate surface area is 214 Å². The number of nitrogens with zero attached hydrogens (tertiary/aromatic N) is 4. The van der Waals surface area contributed by atoms with Gasteiger partial charge < -0.3 is 15.0 Å². The molecule has 0 radical (unpaired) electrons. The van der Waals surface area contributed by atoms with Gasteiger partial charge in [0, 0.05) is 25.5 Å². The number of amides is 2. The van der Waals surface area contributed by atoms with Crippen LogP contribution in [0.4, 0.5) is 10.1 Å². The third-order valence-corrected chi connectivity index (χ3v) is 6.26. The molecular formula is C27H30FN5O4. The van der Waals surface area contributed by atoms with Gasteiger partial charge in [0.2, 0.25) is 5.82 Å². The molecule has 0 bridgehead atoms. The van der Waals surface area contributed by atoms with Gasteiger partial charge in [-0.25, -0.2) is 14.1 Å². The topological polar surface area (TPSA) is 106 Å². The molecule has 10 heteroatoms. The second kappa shape index (κ2) is 11.8. The first-order chi connectivity index (χ1) is 17.9. The van der Waals surface area contributed by atoms with Crippen molar-refractivity contribution in [3.63, 3.8) is 0 Å². The van der Waals surface area contributed by atoms with E-state index in [0.717, 1.165) is 18.4 Å². The molecule has 1 aliphatic rings. The zero-order valence-corrected chi connectivity index (χ0v) is 20.9. The lowest BCUT2D eigenvalue weighted by Gasteiger charge is -2.20. The van der Waals surface area contributed by atoms with Gasteiger partial charge in [0.25, 0.3) is 11.8 Å². The number of Topliss-reactive ketones (excluding diaryl/α,β-unsaturated/α-hetero) is 1. The molecule has 1 N–H and O–H groups in total. The van der Waals surface area contributed by atoms with Gasteiger partial charge in [-0.3, -0.25) is 14.4 Å². The number of hydrogen-bond acceptors (Lipinski definition) is 6. The van der Waals surface area contributed by atoms with Gasteiger partial charge in [0.1, 0.15) is 36.3 Å². The van der Waals surface area contributed by atoms with Crippen molar-refractivity contribution in [2.24, 2.45) is 0 Å². The number of carbonyl (C=O) groups excluding carboxylic acids is 3. The molecule has 1 aromatic heterocycles. The van der Waals surface area contributed by atoms with Crippen molar-refractivity contribution in [1.29, 1.82) is 0 Å². The summed E-state index contributed by atoms with van der Waals surface area (Å²) in [6.07, 6.45) is 4.83. The number of halogens is 1. The predicted octanol–water partition coefficient (Wildman–Crippen LogP) is 3.31. The Hall–Kier alpha value is -4.08. The SMILES string of the molecule is CCCCC(=O)CCc1ccc2c(c1)N(C)C(=O)[C@@H](NC(=O)c1ncn(Cc3ccccc3F)n1)CO2. The van der Waals surface area contributed by atoms with Crippen LogP contribution in [0, 0.1) is 5.82 Å². The number of benzene rings is 2. The molecule has 0 spiro atoms. The van der Waals surface area contributed by atoms with Crippen LogP contribution >= 0.6 is 0 Å². The van der Waals surface area contributed by atoms with E-state index in [1.165, 1.54) is 22.0 Å². The van der Waals surface area contributed by atoms with E-state index in [1.807, 2.05) is 12.1 Å². The zero-order valence-electron chi connectivity index (χ0n) is 20.9. The molecule has 2 heterocycles. The molecule has 0 saturated carbocycles. The first-order valence-electron chi connectivity index (χ1n) is 12.3. The molecule has 1 aliphatic heterocycles. The highest BCUT2D eigenvalue weighted by Crippen LogP contribution is 2.32. The van der Waals surface area contributed by atoms with Crippen molar-refractivity contribution in [3.05, 3.63) is 71.6 Å². The molecule has 1 atom stereocenters. The fourth-order valence-corrected chi connectivity index (χ4v) is 4.08. The summed E-state index contributed by atoms with van der Waals surface area (Å²) in [6.45, 7) is 2.11. The number of nitrogens with one attached hydrogen (secondary N) is 1. The quantitative estimate of drug-likeness (QED) is 0.451. The summed E-state index contributed by atoms with van der Waals surface area (Å²) in [5.41, 5.74) is 1.92. The van der Waals surface area contributed by atoms with Crippen molar-refractivity contribution in [2.45, 2.75) is 51.6 Å². The van der Waals surface area contributed by atoms with Crippen molar-refractivity contribution in [2.75, 3.05) is 18.6 Å². The summed E-state index contributed by atoms with van der Waals surface area (Å²) < 4.78 is 21.1. The predicted molar refractivity (Wildman–Crippen MR) is 135 cm³/mol. The molecule has 9 nitrogen and oxygen atoms in total. The Morgan fingerprint density at radius 1 is 1.19 bits per heavy atom. The maximum absolute atomic E-state index is 13.9. The van der Waals surface area contributed by atoms with Crippen LogP contribution in [0.3, 0.4) is 0 Å². The van der Waals surface area contributed by atoms with Crippen LogP contribution in [0.15, 0.2) is 48.8 Å². The number of likely N-dealkylation sites (N-methyl/N-ethyl adjacent to an activating group) is 1. The molecule has 3 aromatic rings. The zero-order chi connectivity index (χ0) is 26.4. The van der Waals surface area contributed by atoms with Crippen molar-refractivity contribution in [1.82, 2.24) is 20.1 Å². The molecule has 0 fully saturated rings. The summed E-state index contributed by atoms with van der Waals surface area (Å²) in [5, 5.41) is 6.76. The number of hydrogen-bond donors (Lipinski definition) is 1. The second-order valence-corrected chi connectivity index (χ2v) is 9.04. The molecule has 37 heavy (non-hydrogen) atoms. The van der Waals surface area contributed by atoms with Crippen LogP contribution in [0.1, 0.15) is 54.4 Å². The fraction of sp³-hybridized carbons (Fsp3) is 0.370. The van der Waals surface area contributed by atoms with Crippen LogP contribution in [0.25, 0.3) is 0 Å². The minimum atomic E-state index is -0.956. The average Bonchev–Trinajstić information content (AvgIpc) is 3.34. The third-order valence-electron chi connectivity index (χ3n) is 6.26. The minimum absolute atomic E-state index is 0.0628. The molecule has 0 saturated heterocycles. The van der Waals surface area contributed by atoms with E-state index >= 15 is 0 Å². The first kappa shape index (κ1) is 26.0. The van der Waals surface area contributed by atoms with E-state index in [9.17, 15) is 18.8 Å². The van der Waals surface area contributed by atoms with E-state index in [1.54, 1.807) is 31.3 Å². The highest BCUT2D eigenvalue weighted by Gasteiger charge is 2.31. The monoisotopic (exact) mass is 507 g/mol. The number of anilines is 1. The van der Waals surface area contributed by atoms with Crippen LogP contribution in [-0.2, 0) is 22.6 Å². The second-order valence-electron chi connectivity index (χ2n) is 9.04. The number of ketones is 1. The van der Waals surface area contributed by atoms with Gasteiger partial charge in [-0.1, -0.05) is 37.6 Å². The molecule has 0 unspecified atom stereocenters. The molecule has 2 amide bonds. The fourth-order valence-electron chi connectivity index (χ4n) is 4.08. The number of carbonyl (C=O) groups is 3. The van der Waals surface area contributed by atoms with Gasteiger partial charge in [0.05, 0.1) is 12.2 Å². The van der Waals surface area contributed by atoms with Gasteiger partial charge in [-0.05, 0) is 36.6 Å². The Bertz CT molecular complexity index is 1290. The summed E-state index contributed by atoms with van der Waals surface area (Å²) in [5.74, 6) is -0.761. The standard InChI is InChI=1S/C27H30FN5O4/c1-3-4-8-20(34)12-10-18-11-13-24-23(14-18)32(2)27(36)22(16-37-24)30-26(35)25-29-17-33(31-25)15-19-7-5-6-9-21(19)28/h5-7,9,11,13-14,17,22H,3-4,8,10,12,15-16H2,1-2H3,(H,30,35)/t22-/m0/s1. The van der Waals surface area contributed by atoms with E-state index in [4.69, 9.17) is 4.74 Å². The van der Waals surface area contributed by atoms with Gasteiger partial charge in [-0.2, -0.15) is 0 Å². The Kier molecular flexibility index (Phi) is 8.27.